The van der Waals surface area contributed by atoms with Crippen LogP contribution in [0, 0.1) is 9.39 Å². The van der Waals surface area contributed by atoms with Crippen LogP contribution in [0.25, 0.3) is 0 Å². The molecule has 0 spiro atoms. The molecule has 1 amide bonds. The van der Waals surface area contributed by atoms with Gasteiger partial charge in [-0.15, -0.1) is 0 Å². The normalized spacial score (nSPS) is 20.8. The summed E-state index contributed by atoms with van der Waals surface area (Å²) in [6.45, 7) is 1.37. The summed E-state index contributed by atoms with van der Waals surface area (Å²) in [5.41, 5.74) is -0.132. The molecular weight excluding hydrogens is 490 g/mol. The van der Waals surface area contributed by atoms with Crippen molar-refractivity contribution >= 4 is 39.9 Å². The fourth-order valence-electron chi connectivity index (χ4n) is 3.97. The van der Waals surface area contributed by atoms with Gasteiger partial charge in [-0.2, -0.15) is 0 Å². The third-order valence-corrected chi connectivity index (χ3v) is 6.22. The van der Waals surface area contributed by atoms with Gasteiger partial charge in [0.25, 0.3) is 5.91 Å². The molecule has 1 atom stereocenters. The number of benzene rings is 1. The minimum Gasteiger partial charge on any atom is -0.385 e. The summed E-state index contributed by atoms with van der Waals surface area (Å²) in [6, 6.07) is 6.18. The van der Waals surface area contributed by atoms with Gasteiger partial charge in [0.05, 0.1) is 24.3 Å². The first kappa shape index (κ1) is 20.3. The van der Waals surface area contributed by atoms with Crippen molar-refractivity contribution in [3.63, 3.8) is 0 Å². The Morgan fingerprint density at radius 1 is 1.31 bits per heavy atom. The Balaban J connectivity index is 1.52. The number of hydrogen-bond acceptors (Lipinski definition) is 5. The SMILES string of the molecule is O=C(c1cc[n+](O)cc1Nc1ccc(I)cc1F)N1CC(O)([C@@H]2CCCCN2)C1. The number of likely N-dealkylation sites (tertiary alicyclic amines) is 1. The lowest BCUT2D eigenvalue weighted by Crippen LogP contribution is -2.72. The topological polar surface area (TPSA) is 88.7 Å². The molecule has 1 aromatic carbocycles. The molecule has 1 aromatic heterocycles. The number of piperidine rings is 1. The molecule has 0 radical (unpaired) electrons. The maximum atomic E-state index is 14.2. The fourth-order valence-corrected chi connectivity index (χ4v) is 4.42. The zero-order chi connectivity index (χ0) is 20.6. The number of carbonyl (C=O) groups excluding carboxylic acids is 1. The Labute approximate surface area is 181 Å². The van der Waals surface area contributed by atoms with Crippen LogP contribution in [-0.4, -0.2) is 52.4 Å². The number of halogens is 2. The van der Waals surface area contributed by atoms with Gasteiger partial charge in [0.2, 0.25) is 12.4 Å². The van der Waals surface area contributed by atoms with E-state index < -0.39 is 11.4 Å². The molecule has 7 nitrogen and oxygen atoms in total. The van der Waals surface area contributed by atoms with Crippen LogP contribution >= 0.6 is 22.6 Å². The Kier molecular flexibility index (Phi) is 5.63. The van der Waals surface area contributed by atoms with Crippen LogP contribution in [0.1, 0.15) is 29.6 Å². The molecule has 4 N–H and O–H groups in total. The largest absolute Gasteiger partial charge is 0.385 e. The van der Waals surface area contributed by atoms with E-state index in [0.29, 0.717) is 5.56 Å². The van der Waals surface area contributed by atoms with E-state index >= 15 is 0 Å². The summed E-state index contributed by atoms with van der Waals surface area (Å²) in [6.07, 6.45) is 5.73. The molecule has 4 rings (SSSR count). The van der Waals surface area contributed by atoms with Crippen LogP contribution in [0.5, 0.6) is 0 Å². The molecule has 0 unspecified atom stereocenters. The third kappa shape index (κ3) is 4.17. The number of nitrogens with zero attached hydrogens (tertiary/aromatic N) is 2. The lowest BCUT2D eigenvalue weighted by Gasteiger charge is -2.51. The molecular formula is C20H23FIN4O3+. The number of aromatic nitrogens is 1. The number of carbonyl (C=O) groups is 1. The van der Waals surface area contributed by atoms with Crippen LogP contribution in [0.3, 0.4) is 0 Å². The molecule has 9 heteroatoms. The first-order valence-electron chi connectivity index (χ1n) is 9.57. The van der Waals surface area contributed by atoms with E-state index in [2.05, 4.69) is 10.6 Å². The van der Waals surface area contributed by atoms with Crippen molar-refractivity contribution in [3.05, 3.63) is 51.6 Å². The summed E-state index contributed by atoms with van der Waals surface area (Å²) in [5, 5.41) is 26.9. The predicted molar refractivity (Wildman–Crippen MR) is 113 cm³/mol. The Bertz CT molecular complexity index is 930. The lowest BCUT2D eigenvalue weighted by molar-refractivity contribution is -0.904. The average Bonchev–Trinajstić information content (AvgIpc) is 2.68. The van der Waals surface area contributed by atoms with E-state index in [0.717, 1.165) is 34.1 Å². The van der Waals surface area contributed by atoms with Gasteiger partial charge in [-0.3, -0.25) is 10.0 Å². The second-order valence-electron chi connectivity index (χ2n) is 7.67. The van der Waals surface area contributed by atoms with Crippen LogP contribution in [0.4, 0.5) is 15.8 Å². The van der Waals surface area contributed by atoms with Gasteiger partial charge in [0.1, 0.15) is 17.1 Å². The number of nitrogens with one attached hydrogen (secondary N) is 2. The van der Waals surface area contributed by atoms with Gasteiger partial charge in [0.15, 0.2) is 0 Å². The third-order valence-electron chi connectivity index (χ3n) is 5.55. The summed E-state index contributed by atoms with van der Waals surface area (Å²) in [5.74, 6) is -0.732. The van der Waals surface area contributed by atoms with Gasteiger partial charge in [-0.1, -0.05) is 6.42 Å². The van der Waals surface area contributed by atoms with E-state index in [1.807, 2.05) is 22.6 Å². The number of anilines is 2. The standard InChI is InChI=1S/C20H22FIN4O3/c21-15-9-13(22)4-5-16(15)24-17-10-26(29)8-6-14(17)19(27)25-11-20(28,12-25)18-3-1-2-7-23-18/h4-6,8-10,18,23,28H,1-3,7,11-12H2,(H-,24,27,29)/p+1/t18-/m0/s1. The highest BCUT2D eigenvalue weighted by atomic mass is 127. The van der Waals surface area contributed by atoms with Crippen molar-refractivity contribution in [2.75, 3.05) is 25.0 Å². The number of hydrogen-bond donors (Lipinski definition) is 4. The maximum absolute atomic E-state index is 14.2. The second kappa shape index (κ2) is 8.04. The van der Waals surface area contributed by atoms with Gasteiger partial charge in [-0.05, 0) is 60.2 Å². The van der Waals surface area contributed by atoms with E-state index in [9.17, 15) is 19.5 Å². The molecule has 3 heterocycles. The maximum Gasteiger partial charge on any atom is 0.256 e. The molecule has 2 aliphatic rings. The highest BCUT2D eigenvalue weighted by Gasteiger charge is 2.49. The van der Waals surface area contributed by atoms with Crippen LogP contribution in [-0.2, 0) is 0 Å². The molecule has 0 aliphatic carbocycles. The monoisotopic (exact) mass is 513 g/mol. The van der Waals surface area contributed by atoms with E-state index in [4.69, 9.17) is 0 Å². The van der Waals surface area contributed by atoms with Crippen molar-refractivity contribution in [1.29, 1.82) is 0 Å². The number of pyridine rings is 1. The highest BCUT2D eigenvalue weighted by molar-refractivity contribution is 14.1. The highest BCUT2D eigenvalue weighted by Crippen LogP contribution is 2.32. The molecule has 2 aromatic rings. The van der Waals surface area contributed by atoms with E-state index in [1.54, 1.807) is 17.0 Å². The molecule has 0 saturated carbocycles. The number of amides is 1. The van der Waals surface area contributed by atoms with Gasteiger partial charge in [-0.25, -0.2) is 4.39 Å². The predicted octanol–water partition coefficient (Wildman–Crippen LogP) is 2.03. The van der Waals surface area contributed by atoms with E-state index in [-0.39, 0.29) is 36.4 Å². The molecule has 2 aliphatic heterocycles. The Hall–Kier alpha value is -1.98. The Morgan fingerprint density at radius 2 is 2.10 bits per heavy atom. The van der Waals surface area contributed by atoms with Crippen molar-refractivity contribution < 1.29 is 24.2 Å². The van der Waals surface area contributed by atoms with Crippen molar-refractivity contribution in [2.24, 2.45) is 0 Å². The van der Waals surface area contributed by atoms with Gasteiger partial charge in [0, 0.05) is 20.4 Å². The minimum atomic E-state index is -0.919. The number of rotatable bonds is 4. The number of aliphatic hydroxyl groups is 1. The molecule has 154 valence electrons. The lowest BCUT2D eigenvalue weighted by atomic mass is 9.81. The van der Waals surface area contributed by atoms with Crippen LogP contribution in [0.15, 0.2) is 36.7 Å². The second-order valence-corrected chi connectivity index (χ2v) is 8.91. The van der Waals surface area contributed by atoms with Crippen LogP contribution < -0.4 is 15.4 Å². The summed E-state index contributed by atoms with van der Waals surface area (Å²) < 4.78 is 15.8. The minimum absolute atomic E-state index is 0.00541. The van der Waals surface area contributed by atoms with Crippen molar-refractivity contribution in [3.8, 4) is 0 Å². The fraction of sp³-hybridized carbons (Fsp3) is 0.400. The molecule has 0 bridgehead atoms. The smallest absolute Gasteiger partial charge is 0.256 e. The summed E-state index contributed by atoms with van der Waals surface area (Å²) in [4.78, 5) is 14.6. The van der Waals surface area contributed by atoms with Crippen LogP contribution in [0.2, 0.25) is 0 Å². The first-order valence-corrected chi connectivity index (χ1v) is 10.7. The molecule has 2 fully saturated rings. The zero-order valence-corrected chi connectivity index (χ0v) is 17.9. The van der Waals surface area contributed by atoms with E-state index in [1.165, 1.54) is 24.5 Å². The molecule has 29 heavy (non-hydrogen) atoms. The number of β-amino-alcohol motifs (C(OH)–C–C–N with tert-alkyl or cyclic N) is 1. The zero-order valence-electron chi connectivity index (χ0n) is 15.7. The first-order chi connectivity index (χ1) is 13.9. The van der Waals surface area contributed by atoms with Gasteiger partial charge < -0.3 is 20.6 Å². The quantitative estimate of drug-likeness (QED) is 0.286. The van der Waals surface area contributed by atoms with Crippen molar-refractivity contribution in [2.45, 2.75) is 30.9 Å². The van der Waals surface area contributed by atoms with Crippen molar-refractivity contribution in [1.82, 2.24) is 10.2 Å². The average molecular weight is 513 g/mol. The summed E-state index contributed by atoms with van der Waals surface area (Å²) >= 11 is 2.02. The Morgan fingerprint density at radius 3 is 2.79 bits per heavy atom. The molecule has 2 saturated heterocycles. The van der Waals surface area contributed by atoms with Gasteiger partial charge >= 0.3 is 0 Å². The summed E-state index contributed by atoms with van der Waals surface area (Å²) in [7, 11) is 0.